The van der Waals surface area contributed by atoms with E-state index in [-0.39, 0.29) is 17.8 Å². The third-order valence-electron chi connectivity index (χ3n) is 5.12. The minimum atomic E-state index is -0.270. The van der Waals surface area contributed by atoms with Crippen LogP contribution in [0.1, 0.15) is 33.3 Å². The van der Waals surface area contributed by atoms with Crippen molar-refractivity contribution >= 4 is 11.7 Å². The fourth-order valence-electron chi connectivity index (χ4n) is 3.46. The van der Waals surface area contributed by atoms with E-state index in [1.54, 1.807) is 42.4 Å². The van der Waals surface area contributed by atoms with Crippen molar-refractivity contribution in [2.24, 2.45) is 0 Å². The molecule has 0 unspecified atom stereocenters. The van der Waals surface area contributed by atoms with Crippen LogP contribution >= 0.6 is 0 Å². The van der Waals surface area contributed by atoms with E-state index in [4.69, 9.17) is 4.74 Å². The van der Waals surface area contributed by atoms with Crippen LogP contribution in [0.3, 0.4) is 0 Å². The van der Waals surface area contributed by atoms with Gasteiger partial charge in [-0.15, -0.1) is 0 Å². The average Bonchev–Trinajstić information content (AvgIpc) is 2.81. The first-order valence-corrected chi connectivity index (χ1v) is 9.86. The number of anilines is 1. The number of halogens is 1. The summed E-state index contributed by atoms with van der Waals surface area (Å²) in [6.07, 6.45) is 3.84. The summed E-state index contributed by atoms with van der Waals surface area (Å²) in [6, 6.07) is 13.9. The number of hydrogen-bond acceptors (Lipinski definition) is 5. The van der Waals surface area contributed by atoms with E-state index in [2.05, 4.69) is 15.3 Å². The molecule has 6 nitrogen and oxygen atoms in total. The van der Waals surface area contributed by atoms with Crippen LogP contribution in [0.5, 0.6) is 0 Å². The summed E-state index contributed by atoms with van der Waals surface area (Å²) in [7, 11) is 1.77. The Bertz CT molecular complexity index is 1010. The van der Waals surface area contributed by atoms with Gasteiger partial charge in [-0.25, -0.2) is 9.37 Å². The highest BCUT2D eigenvalue weighted by atomic mass is 19.1. The van der Waals surface area contributed by atoms with Gasteiger partial charge in [-0.2, -0.15) is 0 Å². The van der Waals surface area contributed by atoms with Crippen molar-refractivity contribution in [2.45, 2.75) is 12.5 Å². The molecule has 1 saturated heterocycles. The Labute approximate surface area is 174 Å². The van der Waals surface area contributed by atoms with Gasteiger partial charge in [-0.3, -0.25) is 9.78 Å². The predicted octanol–water partition coefficient (Wildman–Crippen LogP) is 3.46. The van der Waals surface area contributed by atoms with Crippen LogP contribution in [0.25, 0.3) is 0 Å². The molecule has 3 heterocycles. The van der Waals surface area contributed by atoms with Crippen molar-refractivity contribution in [3.8, 4) is 0 Å². The number of aromatic nitrogens is 2. The maximum Gasteiger partial charge on any atom is 0.254 e. The first-order valence-electron chi connectivity index (χ1n) is 9.86. The molecule has 0 bridgehead atoms. The van der Waals surface area contributed by atoms with Gasteiger partial charge in [-0.05, 0) is 47.9 Å². The number of nitrogens with one attached hydrogen (secondary N) is 1. The zero-order valence-corrected chi connectivity index (χ0v) is 16.7. The molecule has 0 aliphatic carbocycles. The molecular weight excluding hydrogens is 383 g/mol. The number of ether oxygens (including phenoxy) is 1. The average molecular weight is 406 g/mol. The highest BCUT2D eigenvalue weighted by Crippen LogP contribution is 2.23. The lowest BCUT2D eigenvalue weighted by molar-refractivity contribution is -0.0247. The molecule has 4 rings (SSSR count). The molecule has 1 N–H and O–H groups in total. The lowest BCUT2D eigenvalue weighted by Gasteiger charge is -2.32. The lowest BCUT2D eigenvalue weighted by atomic mass is 10.1. The number of morpholine rings is 1. The van der Waals surface area contributed by atoms with Gasteiger partial charge in [0.05, 0.1) is 18.8 Å². The van der Waals surface area contributed by atoms with Gasteiger partial charge in [0, 0.05) is 31.5 Å². The summed E-state index contributed by atoms with van der Waals surface area (Å²) < 4.78 is 18.9. The van der Waals surface area contributed by atoms with Crippen LogP contribution in [0, 0.1) is 5.82 Å². The number of carbonyl (C=O) groups excluding carboxylic acids is 1. The van der Waals surface area contributed by atoms with E-state index in [9.17, 15) is 9.18 Å². The van der Waals surface area contributed by atoms with E-state index in [0.717, 1.165) is 16.8 Å². The molecule has 1 aromatic carbocycles. The number of pyridine rings is 2. The Morgan fingerprint density at radius 3 is 2.70 bits per heavy atom. The van der Waals surface area contributed by atoms with Crippen molar-refractivity contribution in [2.75, 3.05) is 32.1 Å². The Morgan fingerprint density at radius 1 is 1.17 bits per heavy atom. The van der Waals surface area contributed by atoms with Gasteiger partial charge in [0.2, 0.25) is 0 Å². The highest BCUT2D eigenvalue weighted by Gasteiger charge is 2.27. The van der Waals surface area contributed by atoms with Crippen molar-refractivity contribution < 1.29 is 13.9 Å². The monoisotopic (exact) mass is 406 g/mol. The fraction of sp³-hybridized carbons (Fsp3) is 0.261. The number of nitrogens with zero attached hydrogens (tertiary/aromatic N) is 3. The van der Waals surface area contributed by atoms with Gasteiger partial charge in [-0.1, -0.05) is 18.2 Å². The normalized spacial score (nSPS) is 16.3. The summed E-state index contributed by atoms with van der Waals surface area (Å²) in [5.41, 5.74) is 3.44. The van der Waals surface area contributed by atoms with Gasteiger partial charge in [0.15, 0.2) is 0 Å². The number of hydrogen-bond donors (Lipinski definition) is 1. The molecule has 154 valence electrons. The predicted molar refractivity (Wildman–Crippen MR) is 112 cm³/mol. The quantitative estimate of drug-likeness (QED) is 0.703. The molecule has 30 heavy (non-hydrogen) atoms. The molecular formula is C23H23FN4O2. The van der Waals surface area contributed by atoms with Gasteiger partial charge in [0.1, 0.15) is 17.7 Å². The third-order valence-corrected chi connectivity index (χ3v) is 5.12. The third kappa shape index (κ3) is 4.63. The summed E-state index contributed by atoms with van der Waals surface area (Å²) in [5, 5.41) is 2.95. The first-order chi connectivity index (χ1) is 14.6. The van der Waals surface area contributed by atoms with E-state index in [1.165, 1.54) is 12.1 Å². The molecule has 1 aliphatic rings. The summed E-state index contributed by atoms with van der Waals surface area (Å²) in [5.74, 6) is 0.369. The zero-order valence-electron chi connectivity index (χ0n) is 16.7. The Balaban J connectivity index is 1.42. The van der Waals surface area contributed by atoms with E-state index < -0.39 is 0 Å². The molecule has 0 saturated carbocycles. The summed E-state index contributed by atoms with van der Waals surface area (Å²) >= 11 is 0. The summed E-state index contributed by atoms with van der Waals surface area (Å²) in [6.45, 7) is 1.44. The SMILES string of the molecule is CNc1cc(C(=O)N2CCO[C@@H](c3ccc(Cc4ccc(F)cc4)cn3)C2)ccn1. The number of carbonyl (C=O) groups is 1. The maximum absolute atomic E-state index is 13.1. The van der Waals surface area contributed by atoms with Crippen molar-refractivity contribution in [3.05, 3.63) is 89.1 Å². The Morgan fingerprint density at radius 2 is 1.97 bits per heavy atom. The van der Waals surface area contributed by atoms with Gasteiger partial charge < -0.3 is 15.0 Å². The standard InChI is InChI=1S/C23H23FN4O2/c1-25-22-13-18(8-9-26-22)23(29)28-10-11-30-21(15-28)20-7-4-17(14-27-20)12-16-2-5-19(24)6-3-16/h2-9,13-14,21H,10-12,15H2,1H3,(H,25,26)/t21-/m1/s1. The maximum atomic E-state index is 13.1. The van der Waals surface area contributed by atoms with Crippen LogP contribution in [-0.2, 0) is 11.2 Å². The molecule has 0 spiro atoms. The molecule has 1 aliphatic heterocycles. The first kappa shape index (κ1) is 20.0. The lowest BCUT2D eigenvalue weighted by Crippen LogP contribution is -2.42. The molecule has 2 aromatic heterocycles. The molecule has 1 fully saturated rings. The largest absolute Gasteiger partial charge is 0.373 e. The van der Waals surface area contributed by atoms with Gasteiger partial charge >= 0.3 is 0 Å². The minimum absolute atomic E-state index is 0.0462. The minimum Gasteiger partial charge on any atom is -0.373 e. The number of rotatable bonds is 5. The second-order valence-electron chi connectivity index (χ2n) is 7.18. The van der Waals surface area contributed by atoms with E-state index in [1.807, 2.05) is 18.3 Å². The second-order valence-corrected chi connectivity index (χ2v) is 7.18. The van der Waals surface area contributed by atoms with Crippen LogP contribution < -0.4 is 5.32 Å². The topological polar surface area (TPSA) is 67.4 Å². The molecule has 1 atom stereocenters. The molecule has 0 radical (unpaired) electrons. The number of benzene rings is 1. The van der Waals surface area contributed by atoms with Crippen molar-refractivity contribution in [1.82, 2.24) is 14.9 Å². The summed E-state index contributed by atoms with van der Waals surface area (Å²) in [4.78, 5) is 23.4. The molecule has 7 heteroatoms. The highest BCUT2D eigenvalue weighted by molar-refractivity contribution is 5.94. The van der Waals surface area contributed by atoms with Crippen LogP contribution in [0.4, 0.5) is 10.2 Å². The Hall–Kier alpha value is -3.32. The van der Waals surface area contributed by atoms with Crippen molar-refractivity contribution in [3.63, 3.8) is 0 Å². The smallest absolute Gasteiger partial charge is 0.254 e. The zero-order chi connectivity index (χ0) is 20.9. The van der Waals surface area contributed by atoms with Crippen LogP contribution in [-0.4, -0.2) is 47.5 Å². The van der Waals surface area contributed by atoms with Gasteiger partial charge in [0.25, 0.3) is 5.91 Å². The van der Waals surface area contributed by atoms with Crippen LogP contribution in [0.15, 0.2) is 60.9 Å². The van der Waals surface area contributed by atoms with Crippen molar-refractivity contribution in [1.29, 1.82) is 0 Å². The number of amides is 1. The van der Waals surface area contributed by atoms with E-state index in [0.29, 0.717) is 37.5 Å². The fourth-order valence-corrected chi connectivity index (χ4v) is 3.46. The molecule has 1 amide bonds. The Kier molecular flexibility index (Phi) is 5.99. The van der Waals surface area contributed by atoms with E-state index >= 15 is 0 Å². The molecule has 3 aromatic rings. The second kappa shape index (κ2) is 9.00. The van der Waals surface area contributed by atoms with Crippen LogP contribution in [0.2, 0.25) is 0 Å².